The van der Waals surface area contributed by atoms with Crippen LogP contribution in [0.15, 0.2) is 60.8 Å². The number of carbonyl (C=O) groups excluding carboxylic acids is 2. The van der Waals surface area contributed by atoms with Crippen LogP contribution < -0.4 is 5.32 Å². The second-order valence-corrected chi connectivity index (χ2v) is 7.83. The van der Waals surface area contributed by atoms with Crippen LogP contribution in [0.5, 0.6) is 0 Å². The van der Waals surface area contributed by atoms with Gasteiger partial charge in [0.1, 0.15) is 0 Å². The topological polar surface area (TPSA) is 76.9 Å². The molecule has 1 N–H and O–H groups in total. The number of nitrogens with one attached hydrogen (secondary N) is 1. The number of ketones is 1. The van der Waals surface area contributed by atoms with Crippen LogP contribution >= 0.6 is 0 Å². The van der Waals surface area contributed by atoms with E-state index in [1.807, 2.05) is 24.3 Å². The second-order valence-electron chi connectivity index (χ2n) is 7.83. The lowest BCUT2D eigenvalue weighted by atomic mass is 9.92. The van der Waals surface area contributed by atoms with Gasteiger partial charge in [-0.15, -0.1) is 5.10 Å². The molecule has 0 radical (unpaired) electrons. The fourth-order valence-corrected chi connectivity index (χ4v) is 2.85. The number of benzene rings is 2. The monoisotopic (exact) mass is 388 g/mol. The molecule has 1 aromatic heterocycles. The van der Waals surface area contributed by atoms with Crippen molar-refractivity contribution < 1.29 is 9.59 Å². The Morgan fingerprint density at radius 2 is 1.66 bits per heavy atom. The van der Waals surface area contributed by atoms with Crippen LogP contribution in [0.4, 0.5) is 5.69 Å². The highest BCUT2D eigenvalue weighted by Gasteiger charge is 2.20. The standard InChI is InChI=1S/C23H24N4O2/c1-16(28)25-19-10-5-17(6-11-19)7-14-21(29)18-8-12-20(13-9-18)27-22(15-24-26-27)23(2,3)4/h5-15H,1-4H3,(H,25,28)/b14-7+. The lowest BCUT2D eigenvalue weighted by Crippen LogP contribution is -2.17. The van der Waals surface area contributed by atoms with Crippen LogP contribution in [0.2, 0.25) is 0 Å². The van der Waals surface area contributed by atoms with Gasteiger partial charge in [-0.3, -0.25) is 9.59 Å². The number of carbonyl (C=O) groups is 2. The van der Waals surface area contributed by atoms with Crippen LogP contribution in [-0.2, 0) is 10.2 Å². The lowest BCUT2D eigenvalue weighted by molar-refractivity contribution is -0.114. The number of rotatable bonds is 5. The van der Waals surface area contributed by atoms with Gasteiger partial charge in [-0.05, 0) is 48.0 Å². The van der Waals surface area contributed by atoms with Gasteiger partial charge in [0.2, 0.25) is 5.91 Å². The van der Waals surface area contributed by atoms with Gasteiger partial charge in [-0.1, -0.05) is 44.2 Å². The minimum atomic E-state index is -0.118. The fraction of sp³-hybridized carbons (Fsp3) is 0.217. The molecule has 0 atom stereocenters. The number of hydrogen-bond donors (Lipinski definition) is 1. The molecular formula is C23H24N4O2. The third kappa shape index (κ3) is 5.04. The number of hydrogen-bond acceptors (Lipinski definition) is 4. The number of allylic oxidation sites excluding steroid dienone is 1. The van der Waals surface area contributed by atoms with E-state index >= 15 is 0 Å². The first-order valence-electron chi connectivity index (χ1n) is 9.36. The van der Waals surface area contributed by atoms with Crippen molar-refractivity contribution in [2.75, 3.05) is 5.32 Å². The molecular weight excluding hydrogens is 364 g/mol. The van der Waals surface area contributed by atoms with Crippen molar-refractivity contribution >= 4 is 23.5 Å². The number of aromatic nitrogens is 3. The van der Waals surface area contributed by atoms with Gasteiger partial charge in [0.15, 0.2) is 5.78 Å². The van der Waals surface area contributed by atoms with E-state index in [1.165, 1.54) is 6.92 Å². The molecule has 1 amide bonds. The van der Waals surface area contributed by atoms with Crippen LogP contribution in [0.1, 0.15) is 49.3 Å². The molecule has 0 aliphatic rings. The summed E-state index contributed by atoms with van der Waals surface area (Å²) in [6.45, 7) is 7.78. The first-order chi connectivity index (χ1) is 13.7. The molecule has 0 unspecified atom stereocenters. The van der Waals surface area contributed by atoms with Gasteiger partial charge >= 0.3 is 0 Å². The minimum absolute atomic E-state index is 0.0860. The summed E-state index contributed by atoms with van der Waals surface area (Å²) in [6.07, 6.45) is 5.06. The summed E-state index contributed by atoms with van der Waals surface area (Å²) in [5, 5.41) is 10.9. The molecule has 3 aromatic rings. The molecule has 0 aliphatic carbocycles. The molecule has 0 bridgehead atoms. The summed E-state index contributed by atoms with van der Waals surface area (Å²) in [5.41, 5.74) is 3.97. The van der Waals surface area contributed by atoms with Gasteiger partial charge in [0.05, 0.1) is 17.6 Å². The van der Waals surface area contributed by atoms with Crippen LogP contribution in [-0.4, -0.2) is 26.7 Å². The Labute approximate surface area is 170 Å². The van der Waals surface area contributed by atoms with E-state index < -0.39 is 0 Å². The predicted octanol–water partition coefficient (Wildman–Crippen LogP) is 4.42. The summed E-state index contributed by atoms with van der Waals surface area (Å²) < 4.78 is 1.79. The molecule has 2 aromatic carbocycles. The maximum atomic E-state index is 12.5. The Kier molecular flexibility index (Phi) is 5.73. The van der Waals surface area contributed by atoms with E-state index in [2.05, 4.69) is 36.4 Å². The molecule has 29 heavy (non-hydrogen) atoms. The lowest BCUT2D eigenvalue weighted by Gasteiger charge is -2.19. The summed E-state index contributed by atoms with van der Waals surface area (Å²) >= 11 is 0. The van der Waals surface area contributed by atoms with E-state index in [4.69, 9.17) is 0 Å². The van der Waals surface area contributed by atoms with E-state index in [0.717, 1.165) is 22.6 Å². The van der Waals surface area contributed by atoms with Crippen molar-refractivity contribution in [2.45, 2.75) is 33.1 Å². The molecule has 6 nitrogen and oxygen atoms in total. The third-order valence-electron chi connectivity index (χ3n) is 4.37. The molecule has 0 aliphatic heterocycles. The van der Waals surface area contributed by atoms with Gasteiger partial charge < -0.3 is 5.32 Å². The largest absolute Gasteiger partial charge is 0.326 e. The first kappa shape index (κ1) is 20.2. The Balaban J connectivity index is 1.72. The predicted molar refractivity (Wildman–Crippen MR) is 114 cm³/mol. The van der Waals surface area contributed by atoms with E-state index in [9.17, 15) is 9.59 Å². The number of anilines is 1. The molecule has 0 fully saturated rings. The molecule has 148 valence electrons. The average molecular weight is 388 g/mol. The molecule has 0 saturated carbocycles. The summed E-state index contributed by atoms with van der Waals surface area (Å²) in [6, 6.07) is 14.6. The normalized spacial score (nSPS) is 11.6. The van der Waals surface area contributed by atoms with Gasteiger partial charge in [0, 0.05) is 23.6 Å². The van der Waals surface area contributed by atoms with Gasteiger partial charge in [0.25, 0.3) is 0 Å². The first-order valence-corrected chi connectivity index (χ1v) is 9.36. The Morgan fingerprint density at radius 1 is 1.00 bits per heavy atom. The summed E-state index contributed by atoms with van der Waals surface area (Å²) in [5.74, 6) is -0.204. The van der Waals surface area contributed by atoms with Crippen molar-refractivity contribution in [1.29, 1.82) is 0 Å². The van der Waals surface area contributed by atoms with Crippen LogP contribution in [0.3, 0.4) is 0 Å². The quantitative estimate of drug-likeness (QED) is 0.518. The van der Waals surface area contributed by atoms with Crippen molar-refractivity contribution in [3.8, 4) is 5.69 Å². The van der Waals surface area contributed by atoms with Gasteiger partial charge in [-0.2, -0.15) is 0 Å². The maximum absolute atomic E-state index is 12.5. The van der Waals surface area contributed by atoms with Crippen molar-refractivity contribution in [2.24, 2.45) is 0 Å². The Bertz CT molecular complexity index is 1040. The SMILES string of the molecule is CC(=O)Nc1ccc(/C=C/C(=O)c2ccc(-n3nncc3C(C)(C)C)cc2)cc1. The smallest absolute Gasteiger partial charge is 0.221 e. The maximum Gasteiger partial charge on any atom is 0.221 e. The van der Waals surface area contributed by atoms with E-state index in [1.54, 1.807) is 47.3 Å². The zero-order valence-corrected chi connectivity index (χ0v) is 17.0. The Hall–Kier alpha value is -3.54. The molecule has 1 heterocycles. The van der Waals surface area contributed by atoms with E-state index in [0.29, 0.717) is 5.56 Å². The highest BCUT2D eigenvalue weighted by Crippen LogP contribution is 2.23. The highest BCUT2D eigenvalue weighted by molar-refractivity contribution is 6.06. The molecule has 0 saturated heterocycles. The van der Waals surface area contributed by atoms with Crippen molar-refractivity contribution in [3.63, 3.8) is 0 Å². The van der Waals surface area contributed by atoms with Gasteiger partial charge in [-0.25, -0.2) is 4.68 Å². The van der Waals surface area contributed by atoms with Crippen LogP contribution in [0, 0.1) is 0 Å². The van der Waals surface area contributed by atoms with E-state index in [-0.39, 0.29) is 17.1 Å². The average Bonchev–Trinajstić information content (AvgIpc) is 3.17. The number of nitrogens with zero attached hydrogens (tertiary/aromatic N) is 3. The number of amides is 1. The van der Waals surface area contributed by atoms with Crippen molar-refractivity contribution in [3.05, 3.63) is 77.6 Å². The zero-order chi connectivity index (χ0) is 21.0. The zero-order valence-electron chi connectivity index (χ0n) is 17.0. The third-order valence-corrected chi connectivity index (χ3v) is 4.37. The molecule has 0 spiro atoms. The van der Waals surface area contributed by atoms with Crippen molar-refractivity contribution in [1.82, 2.24) is 15.0 Å². The molecule has 6 heteroatoms. The molecule has 3 rings (SSSR count). The summed E-state index contributed by atoms with van der Waals surface area (Å²) in [7, 11) is 0. The minimum Gasteiger partial charge on any atom is -0.326 e. The fourth-order valence-electron chi connectivity index (χ4n) is 2.85. The second kappa shape index (κ2) is 8.22. The summed E-state index contributed by atoms with van der Waals surface area (Å²) in [4.78, 5) is 23.5. The Morgan fingerprint density at radius 3 is 2.24 bits per heavy atom. The highest BCUT2D eigenvalue weighted by atomic mass is 16.1. The van der Waals surface area contributed by atoms with Crippen LogP contribution in [0.25, 0.3) is 11.8 Å².